The zero-order valence-electron chi connectivity index (χ0n) is 21.9. The average molecular weight is 566 g/mol. The van der Waals surface area contributed by atoms with Crippen molar-refractivity contribution in [3.63, 3.8) is 0 Å². The van der Waals surface area contributed by atoms with Crippen LogP contribution in [0.5, 0.6) is 0 Å². The number of thioether (sulfide) groups is 1. The lowest BCUT2D eigenvalue weighted by molar-refractivity contribution is -0.137. The number of nitrogen functional groups attached to an aromatic ring is 1. The number of nitrogens with zero attached hydrogens (tertiary/aromatic N) is 1. The van der Waals surface area contributed by atoms with E-state index in [4.69, 9.17) is 5.73 Å². The predicted molar refractivity (Wildman–Crippen MR) is 146 cm³/mol. The van der Waals surface area contributed by atoms with Gasteiger partial charge in [-0.2, -0.15) is 13.2 Å². The summed E-state index contributed by atoms with van der Waals surface area (Å²) >= 11 is 1.57. The molecule has 2 aromatic rings. The zero-order valence-corrected chi connectivity index (χ0v) is 22.8. The van der Waals surface area contributed by atoms with Gasteiger partial charge in [-0.15, -0.1) is 11.8 Å². The fourth-order valence-corrected chi connectivity index (χ4v) is 4.77. The molecule has 1 fully saturated rings. The van der Waals surface area contributed by atoms with Crippen molar-refractivity contribution in [2.45, 2.75) is 49.3 Å². The number of hydrogen-bond acceptors (Lipinski definition) is 6. The van der Waals surface area contributed by atoms with Crippen molar-refractivity contribution in [3.05, 3.63) is 59.2 Å². The molecule has 0 saturated carbocycles. The number of hydrogen-bond donors (Lipinski definition) is 4. The molecule has 0 aromatic heterocycles. The summed E-state index contributed by atoms with van der Waals surface area (Å²) in [6.07, 6.45) is -0.0539. The van der Waals surface area contributed by atoms with E-state index in [1.54, 1.807) is 23.9 Å². The summed E-state index contributed by atoms with van der Waals surface area (Å²) < 4.78 is 39.1. The molecule has 1 aliphatic heterocycles. The number of nitrogens with one attached hydrogen (secondary N) is 3. The van der Waals surface area contributed by atoms with E-state index >= 15 is 0 Å². The third-order valence-corrected chi connectivity index (χ3v) is 7.32. The Hall–Kier alpha value is -3.25. The molecular formula is C27H34F3N5O3S. The lowest BCUT2D eigenvalue weighted by atomic mass is 9.98. The van der Waals surface area contributed by atoms with Crippen LogP contribution in [0.25, 0.3) is 0 Å². The van der Waals surface area contributed by atoms with Gasteiger partial charge in [0, 0.05) is 29.2 Å². The number of halogens is 3. The highest BCUT2D eigenvalue weighted by molar-refractivity contribution is 7.98. The Bertz CT molecular complexity index is 1160. The van der Waals surface area contributed by atoms with Crippen molar-refractivity contribution in [2.24, 2.45) is 0 Å². The minimum absolute atomic E-state index is 0.131. The lowest BCUT2D eigenvalue weighted by Crippen LogP contribution is -2.61. The number of nitrogens with two attached hydrogens (primary N) is 1. The van der Waals surface area contributed by atoms with E-state index in [0.29, 0.717) is 24.6 Å². The van der Waals surface area contributed by atoms with Crippen molar-refractivity contribution in [1.29, 1.82) is 0 Å². The number of carbonyl (C=O) groups is 3. The Morgan fingerprint density at radius 2 is 1.77 bits per heavy atom. The second-order valence-electron chi connectivity index (χ2n) is 9.41. The largest absolute Gasteiger partial charge is 0.416 e. The van der Waals surface area contributed by atoms with Gasteiger partial charge >= 0.3 is 6.18 Å². The van der Waals surface area contributed by atoms with E-state index in [1.165, 1.54) is 0 Å². The summed E-state index contributed by atoms with van der Waals surface area (Å²) in [5, 5.41) is 8.25. The molecule has 3 rings (SSSR count). The Kier molecular flexibility index (Phi) is 10.6. The lowest BCUT2D eigenvalue weighted by Gasteiger charge is -2.39. The topological polar surface area (TPSA) is 117 Å². The molecule has 2 atom stereocenters. The number of unbranched alkanes of at least 4 members (excludes halogenated alkanes) is 1. The summed E-state index contributed by atoms with van der Waals surface area (Å²) in [7, 11) is 0. The molecule has 39 heavy (non-hydrogen) atoms. The van der Waals surface area contributed by atoms with Crippen molar-refractivity contribution in [3.8, 4) is 0 Å². The van der Waals surface area contributed by atoms with Crippen LogP contribution >= 0.6 is 11.8 Å². The number of likely N-dealkylation sites (tertiary alicyclic amines) is 1. The normalized spacial score (nSPS) is 17.9. The first-order valence-electron chi connectivity index (χ1n) is 12.7. The number of benzene rings is 2. The molecule has 0 bridgehead atoms. The van der Waals surface area contributed by atoms with E-state index in [2.05, 4.69) is 27.8 Å². The van der Waals surface area contributed by atoms with E-state index in [0.717, 1.165) is 43.0 Å². The van der Waals surface area contributed by atoms with Gasteiger partial charge in [0.25, 0.3) is 11.8 Å². The van der Waals surface area contributed by atoms with Crippen LogP contribution in [-0.4, -0.2) is 67.1 Å². The number of amides is 3. The van der Waals surface area contributed by atoms with Crippen LogP contribution in [0.3, 0.4) is 0 Å². The molecule has 0 radical (unpaired) electrons. The van der Waals surface area contributed by atoms with Gasteiger partial charge in [-0.1, -0.05) is 13.3 Å². The Labute approximate surface area is 230 Å². The van der Waals surface area contributed by atoms with E-state index in [1.807, 2.05) is 18.4 Å². The van der Waals surface area contributed by atoms with E-state index in [9.17, 15) is 27.6 Å². The molecular weight excluding hydrogens is 531 g/mol. The number of rotatable bonds is 10. The molecule has 8 nitrogen and oxygen atoms in total. The number of piperidine rings is 1. The zero-order chi connectivity index (χ0) is 28.6. The average Bonchev–Trinajstić information content (AvgIpc) is 2.91. The summed E-state index contributed by atoms with van der Waals surface area (Å²) in [5.74, 6) is -1.66. The maximum Gasteiger partial charge on any atom is 0.416 e. The SMILES string of the molecule is CCCCN1CCC(NC(=O)c2ccc(SC)cc2)C(NC(=O)CNC(=O)c2cc(C(F)(F)F)ccc2N)C1. The maximum absolute atomic E-state index is 13.0. The van der Waals surface area contributed by atoms with E-state index in [-0.39, 0.29) is 23.2 Å². The van der Waals surface area contributed by atoms with Gasteiger partial charge in [0.2, 0.25) is 5.91 Å². The minimum atomic E-state index is -4.64. The number of alkyl halides is 3. The van der Waals surface area contributed by atoms with Crippen molar-refractivity contribution in [1.82, 2.24) is 20.9 Å². The molecule has 1 aliphatic rings. The molecule has 1 saturated heterocycles. The summed E-state index contributed by atoms with van der Waals surface area (Å²) in [6, 6.07) is 8.93. The van der Waals surface area contributed by atoms with Gasteiger partial charge in [0.1, 0.15) is 0 Å². The van der Waals surface area contributed by atoms with Crippen molar-refractivity contribution >= 4 is 35.2 Å². The Balaban J connectivity index is 1.64. The fourth-order valence-electron chi connectivity index (χ4n) is 4.36. The van der Waals surface area contributed by atoms with Crippen LogP contribution in [0.2, 0.25) is 0 Å². The highest BCUT2D eigenvalue weighted by Gasteiger charge is 2.33. The second kappa shape index (κ2) is 13.7. The van der Waals surface area contributed by atoms with Gasteiger partial charge in [-0.3, -0.25) is 14.4 Å². The standard InChI is InChI=1S/C27H34F3N5O3S/c1-3-4-12-35-13-11-22(34-25(37)17-5-8-19(39-2)9-6-17)23(16-35)33-24(36)15-32-26(38)20-14-18(27(28,29)30)7-10-21(20)31/h5-10,14,22-23H,3-4,11-13,15-16,31H2,1-2H3,(H,32,38)(H,33,36)(H,34,37). The molecule has 0 spiro atoms. The summed E-state index contributed by atoms with van der Waals surface area (Å²) in [4.78, 5) is 41.5. The van der Waals surface area contributed by atoms with Crippen molar-refractivity contribution in [2.75, 3.05) is 38.2 Å². The molecule has 3 amide bonds. The van der Waals surface area contributed by atoms with Gasteiger partial charge in [0.05, 0.1) is 29.8 Å². The Morgan fingerprint density at radius 1 is 1.05 bits per heavy atom. The smallest absolute Gasteiger partial charge is 0.398 e. The molecule has 5 N–H and O–H groups in total. The quantitative estimate of drug-likeness (QED) is 0.259. The first-order valence-corrected chi connectivity index (χ1v) is 14.0. The first-order chi connectivity index (χ1) is 18.5. The highest BCUT2D eigenvalue weighted by atomic mass is 32.2. The van der Waals surface area contributed by atoms with Gasteiger partial charge < -0.3 is 26.6 Å². The predicted octanol–water partition coefficient (Wildman–Crippen LogP) is 3.53. The summed E-state index contributed by atoms with van der Waals surface area (Å²) in [5.41, 5.74) is 4.70. The van der Waals surface area contributed by atoms with Gasteiger partial charge in [0.15, 0.2) is 0 Å². The minimum Gasteiger partial charge on any atom is -0.398 e. The van der Waals surface area contributed by atoms with Crippen LogP contribution in [0, 0.1) is 0 Å². The monoisotopic (exact) mass is 565 g/mol. The number of carbonyl (C=O) groups excluding carboxylic acids is 3. The maximum atomic E-state index is 13.0. The molecule has 0 aliphatic carbocycles. The molecule has 2 unspecified atom stereocenters. The van der Waals surface area contributed by atoms with Gasteiger partial charge in [-0.25, -0.2) is 0 Å². The van der Waals surface area contributed by atoms with Gasteiger partial charge in [-0.05, 0) is 68.1 Å². The number of anilines is 1. The summed E-state index contributed by atoms with van der Waals surface area (Å²) in [6.45, 7) is 3.75. The third-order valence-electron chi connectivity index (χ3n) is 6.57. The van der Waals surface area contributed by atoms with Crippen LogP contribution in [0.15, 0.2) is 47.4 Å². The van der Waals surface area contributed by atoms with Crippen LogP contribution < -0.4 is 21.7 Å². The molecule has 12 heteroatoms. The second-order valence-corrected chi connectivity index (χ2v) is 10.3. The first kappa shape index (κ1) is 30.3. The molecule has 2 aromatic carbocycles. The molecule has 212 valence electrons. The van der Waals surface area contributed by atoms with Crippen LogP contribution in [-0.2, 0) is 11.0 Å². The fraction of sp³-hybridized carbons (Fsp3) is 0.444. The van der Waals surface area contributed by atoms with Crippen LogP contribution in [0.4, 0.5) is 18.9 Å². The van der Waals surface area contributed by atoms with E-state index < -0.39 is 36.1 Å². The van der Waals surface area contributed by atoms with Crippen molar-refractivity contribution < 1.29 is 27.6 Å². The van der Waals surface area contributed by atoms with Crippen LogP contribution in [0.1, 0.15) is 52.5 Å². The highest BCUT2D eigenvalue weighted by Crippen LogP contribution is 2.31. The molecule has 1 heterocycles. The third kappa shape index (κ3) is 8.62. The Morgan fingerprint density at radius 3 is 2.41 bits per heavy atom.